The normalized spacial score (nSPS) is 15.9. The predicted octanol–water partition coefficient (Wildman–Crippen LogP) is 2.26. The summed E-state index contributed by atoms with van der Waals surface area (Å²) >= 11 is 0. The van der Waals surface area contributed by atoms with Gasteiger partial charge in [0.25, 0.3) is 0 Å². The van der Waals surface area contributed by atoms with Gasteiger partial charge in [-0.1, -0.05) is 18.2 Å². The van der Waals surface area contributed by atoms with Crippen molar-refractivity contribution in [1.29, 1.82) is 0 Å². The molecule has 0 saturated carbocycles. The summed E-state index contributed by atoms with van der Waals surface area (Å²) < 4.78 is 18.2. The van der Waals surface area contributed by atoms with Gasteiger partial charge in [-0.3, -0.25) is 0 Å². The molecule has 0 amide bonds. The second kappa shape index (κ2) is 5.77. The van der Waals surface area contributed by atoms with E-state index in [-0.39, 0.29) is 5.82 Å². The van der Waals surface area contributed by atoms with Crippen LogP contribution in [-0.4, -0.2) is 19.8 Å². The summed E-state index contributed by atoms with van der Waals surface area (Å²) in [5, 5.41) is 3.28. The molecule has 0 unspecified atom stereocenters. The van der Waals surface area contributed by atoms with Gasteiger partial charge in [0, 0.05) is 13.1 Å². The molecule has 1 heterocycles. The van der Waals surface area contributed by atoms with Crippen LogP contribution >= 0.6 is 0 Å². The van der Waals surface area contributed by atoms with Crippen molar-refractivity contribution in [1.82, 2.24) is 5.32 Å². The number of rotatable bonds is 4. The Bertz CT molecular complexity index is 376. The molecule has 2 rings (SSSR count). The maximum atomic E-state index is 12.9. The molecule has 1 N–H and O–H groups in total. The fourth-order valence-corrected chi connectivity index (χ4v) is 1.75. The molecule has 1 aromatic carbocycles. The highest BCUT2D eigenvalue weighted by atomic mass is 19.1. The highest BCUT2D eigenvalue weighted by molar-refractivity contribution is 5.16. The summed E-state index contributed by atoms with van der Waals surface area (Å²) in [6.45, 7) is 3.05. The fourth-order valence-electron chi connectivity index (χ4n) is 1.75. The van der Waals surface area contributed by atoms with E-state index in [0.29, 0.717) is 6.54 Å². The van der Waals surface area contributed by atoms with Crippen molar-refractivity contribution in [3.05, 3.63) is 47.3 Å². The van der Waals surface area contributed by atoms with Crippen LogP contribution in [0.2, 0.25) is 0 Å². The maximum absolute atomic E-state index is 12.9. The highest BCUT2D eigenvalue weighted by Crippen LogP contribution is 2.06. The Morgan fingerprint density at radius 2 is 2.25 bits per heavy atom. The molecule has 0 radical (unpaired) electrons. The first-order valence-corrected chi connectivity index (χ1v) is 5.55. The molecule has 0 bridgehead atoms. The van der Waals surface area contributed by atoms with Gasteiger partial charge in [-0.05, 0) is 29.7 Å². The Balaban J connectivity index is 1.77. The van der Waals surface area contributed by atoms with Crippen molar-refractivity contribution < 1.29 is 9.13 Å². The SMILES string of the molecule is Fc1cccc(CNCC2=CCCOC2)c1. The van der Waals surface area contributed by atoms with Gasteiger partial charge in [0.05, 0.1) is 13.2 Å². The summed E-state index contributed by atoms with van der Waals surface area (Å²) in [6, 6.07) is 6.66. The molecule has 1 aliphatic rings. The first kappa shape index (κ1) is 11.3. The van der Waals surface area contributed by atoms with Crippen LogP contribution in [0.4, 0.5) is 4.39 Å². The largest absolute Gasteiger partial charge is 0.377 e. The summed E-state index contributed by atoms with van der Waals surface area (Å²) in [5.41, 5.74) is 2.25. The average Bonchev–Trinajstić information content (AvgIpc) is 2.30. The lowest BCUT2D eigenvalue weighted by molar-refractivity contribution is 0.149. The van der Waals surface area contributed by atoms with E-state index in [1.165, 1.54) is 11.6 Å². The zero-order chi connectivity index (χ0) is 11.2. The smallest absolute Gasteiger partial charge is 0.123 e. The first-order chi connectivity index (χ1) is 7.84. The van der Waals surface area contributed by atoms with Crippen LogP contribution in [0.1, 0.15) is 12.0 Å². The summed E-state index contributed by atoms with van der Waals surface area (Å²) in [6.07, 6.45) is 3.21. The zero-order valence-corrected chi connectivity index (χ0v) is 9.21. The van der Waals surface area contributed by atoms with E-state index in [1.54, 1.807) is 12.1 Å². The molecule has 0 atom stereocenters. The van der Waals surface area contributed by atoms with E-state index in [1.807, 2.05) is 6.07 Å². The van der Waals surface area contributed by atoms with Crippen molar-refractivity contribution in [2.24, 2.45) is 0 Å². The summed E-state index contributed by atoms with van der Waals surface area (Å²) in [5.74, 6) is -0.181. The Morgan fingerprint density at radius 1 is 1.31 bits per heavy atom. The predicted molar refractivity (Wildman–Crippen MR) is 61.6 cm³/mol. The van der Waals surface area contributed by atoms with E-state index in [2.05, 4.69) is 11.4 Å². The quantitative estimate of drug-likeness (QED) is 0.787. The van der Waals surface area contributed by atoms with Gasteiger partial charge in [0.1, 0.15) is 5.82 Å². The topological polar surface area (TPSA) is 21.3 Å². The fraction of sp³-hybridized carbons (Fsp3) is 0.385. The molecule has 0 spiro atoms. The van der Waals surface area contributed by atoms with Crippen LogP contribution in [0.25, 0.3) is 0 Å². The van der Waals surface area contributed by atoms with Crippen molar-refractivity contribution >= 4 is 0 Å². The molecule has 0 fully saturated rings. The van der Waals surface area contributed by atoms with E-state index in [4.69, 9.17) is 4.74 Å². The summed E-state index contributed by atoms with van der Waals surface area (Å²) in [7, 11) is 0. The molecule has 16 heavy (non-hydrogen) atoms. The monoisotopic (exact) mass is 221 g/mol. The third kappa shape index (κ3) is 3.43. The zero-order valence-electron chi connectivity index (χ0n) is 9.21. The highest BCUT2D eigenvalue weighted by Gasteiger charge is 2.03. The van der Waals surface area contributed by atoms with Crippen molar-refractivity contribution in [2.75, 3.05) is 19.8 Å². The lowest BCUT2D eigenvalue weighted by atomic mass is 10.2. The molecular weight excluding hydrogens is 205 g/mol. The molecule has 3 heteroatoms. The molecule has 1 aromatic rings. The van der Waals surface area contributed by atoms with Gasteiger partial charge in [-0.25, -0.2) is 4.39 Å². The van der Waals surface area contributed by atoms with Gasteiger partial charge in [0.2, 0.25) is 0 Å². The molecule has 86 valence electrons. The van der Waals surface area contributed by atoms with Crippen LogP contribution in [-0.2, 0) is 11.3 Å². The summed E-state index contributed by atoms with van der Waals surface area (Å²) in [4.78, 5) is 0. The Hall–Kier alpha value is -1.19. The molecular formula is C13H16FNO. The van der Waals surface area contributed by atoms with E-state index < -0.39 is 0 Å². The minimum absolute atomic E-state index is 0.181. The van der Waals surface area contributed by atoms with Crippen LogP contribution in [0.15, 0.2) is 35.9 Å². The minimum Gasteiger partial charge on any atom is -0.377 e. The van der Waals surface area contributed by atoms with Crippen molar-refractivity contribution in [3.63, 3.8) is 0 Å². The van der Waals surface area contributed by atoms with Gasteiger partial charge in [0.15, 0.2) is 0 Å². The number of benzene rings is 1. The van der Waals surface area contributed by atoms with Crippen molar-refractivity contribution in [3.8, 4) is 0 Å². The number of hydrogen-bond donors (Lipinski definition) is 1. The number of hydrogen-bond acceptors (Lipinski definition) is 2. The van der Waals surface area contributed by atoms with Gasteiger partial charge < -0.3 is 10.1 Å². The van der Waals surface area contributed by atoms with Crippen LogP contribution < -0.4 is 5.32 Å². The number of nitrogens with one attached hydrogen (secondary N) is 1. The van der Waals surface area contributed by atoms with E-state index in [0.717, 1.165) is 31.7 Å². The molecule has 0 saturated heterocycles. The average molecular weight is 221 g/mol. The second-order valence-electron chi connectivity index (χ2n) is 3.94. The lowest BCUT2D eigenvalue weighted by Crippen LogP contribution is -2.21. The first-order valence-electron chi connectivity index (χ1n) is 5.55. The Morgan fingerprint density at radius 3 is 3.00 bits per heavy atom. The minimum atomic E-state index is -0.181. The van der Waals surface area contributed by atoms with Crippen LogP contribution in [0.3, 0.4) is 0 Å². The second-order valence-corrected chi connectivity index (χ2v) is 3.94. The standard InChI is InChI=1S/C13H16FNO/c14-13-5-1-3-11(7-13)8-15-9-12-4-2-6-16-10-12/h1,3-5,7,15H,2,6,8-10H2. The van der Waals surface area contributed by atoms with Crippen LogP contribution in [0.5, 0.6) is 0 Å². The Labute approximate surface area is 95.1 Å². The Kier molecular flexibility index (Phi) is 4.08. The number of ether oxygens (including phenoxy) is 1. The van der Waals surface area contributed by atoms with Crippen LogP contribution in [0, 0.1) is 5.82 Å². The lowest BCUT2D eigenvalue weighted by Gasteiger charge is -2.14. The molecule has 0 aliphatic carbocycles. The number of halogens is 1. The third-order valence-corrected chi connectivity index (χ3v) is 2.55. The molecule has 0 aromatic heterocycles. The molecule has 2 nitrogen and oxygen atoms in total. The van der Waals surface area contributed by atoms with E-state index >= 15 is 0 Å². The third-order valence-electron chi connectivity index (χ3n) is 2.55. The maximum Gasteiger partial charge on any atom is 0.123 e. The van der Waals surface area contributed by atoms with E-state index in [9.17, 15) is 4.39 Å². The van der Waals surface area contributed by atoms with Gasteiger partial charge >= 0.3 is 0 Å². The van der Waals surface area contributed by atoms with Crippen molar-refractivity contribution in [2.45, 2.75) is 13.0 Å². The van der Waals surface area contributed by atoms with Gasteiger partial charge in [-0.2, -0.15) is 0 Å². The molecule has 1 aliphatic heterocycles. The van der Waals surface area contributed by atoms with Gasteiger partial charge in [-0.15, -0.1) is 0 Å².